The standard InChI is InChI=1S/C11H12FN3O2/c12-9-3-1-2-8(15-9)11(17)13-6-10(16)14-7-4-5-7/h1-3,7H,4-6H2,(H,13,17)(H,14,16). The molecule has 2 N–H and O–H groups in total. The Labute approximate surface area is 97.4 Å². The number of carbonyl (C=O) groups is 2. The highest BCUT2D eigenvalue weighted by Crippen LogP contribution is 2.18. The van der Waals surface area contributed by atoms with Crippen LogP contribution in [0.4, 0.5) is 4.39 Å². The average Bonchev–Trinajstić information content (AvgIpc) is 3.10. The van der Waals surface area contributed by atoms with Crippen molar-refractivity contribution in [3.05, 3.63) is 29.8 Å². The number of hydrogen-bond donors (Lipinski definition) is 2. The minimum absolute atomic E-state index is 0.0378. The maximum Gasteiger partial charge on any atom is 0.270 e. The molecule has 1 aliphatic carbocycles. The van der Waals surface area contributed by atoms with Gasteiger partial charge in [0.05, 0.1) is 6.54 Å². The fourth-order valence-electron chi connectivity index (χ4n) is 1.29. The molecule has 5 nitrogen and oxygen atoms in total. The zero-order valence-corrected chi connectivity index (χ0v) is 9.07. The first kappa shape index (κ1) is 11.5. The summed E-state index contributed by atoms with van der Waals surface area (Å²) < 4.78 is 12.7. The molecule has 0 radical (unpaired) electrons. The third-order valence-corrected chi connectivity index (χ3v) is 2.30. The lowest BCUT2D eigenvalue weighted by atomic mass is 10.3. The molecule has 0 spiro atoms. The number of carbonyl (C=O) groups excluding carboxylic acids is 2. The Morgan fingerprint density at radius 3 is 2.82 bits per heavy atom. The summed E-state index contributed by atoms with van der Waals surface area (Å²) in [5, 5.41) is 5.10. The lowest BCUT2D eigenvalue weighted by Crippen LogP contribution is -2.38. The van der Waals surface area contributed by atoms with Gasteiger partial charge in [0, 0.05) is 6.04 Å². The van der Waals surface area contributed by atoms with Gasteiger partial charge in [0.1, 0.15) is 5.69 Å². The third kappa shape index (κ3) is 3.51. The minimum Gasteiger partial charge on any atom is -0.352 e. The number of rotatable bonds is 4. The Morgan fingerprint density at radius 1 is 1.41 bits per heavy atom. The van der Waals surface area contributed by atoms with Crippen LogP contribution in [0, 0.1) is 5.95 Å². The van der Waals surface area contributed by atoms with E-state index in [-0.39, 0.29) is 24.2 Å². The lowest BCUT2D eigenvalue weighted by molar-refractivity contribution is -0.120. The number of nitrogens with zero attached hydrogens (tertiary/aromatic N) is 1. The van der Waals surface area contributed by atoms with E-state index in [4.69, 9.17) is 0 Å². The van der Waals surface area contributed by atoms with Crippen molar-refractivity contribution in [1.82, 2.24) is 15.6 Å². The van der Waals surface area contributed by atoms with Gasteiger partial charge in [0.2, 0.25) is 11.9 Å². The molecule has 1 fully saturated rings. The monoisotopic (exact) mass is 237 g/mol. The highest BCUT2D eigenvalue weighted by Gasteiger charge is 2.23. The van der Waals surface area contributed by atoms with Crippen molar-refractivity contribution in [2.45, 2.75) is 18.9 Å². The van der Waals surface area contributed by atoms with Crippen LogP contribution in [-0.4, -0.2) is 29.4 Å². The topological polar surface area (TPSA) is 71.1 Å². The highest BCUT2D eigenvalue weighted by molar-refractivity contribution is 5.94. The predicted octanol–water partition coefficient (Wildman–Crippen LogP) is 0.229. The van der Waals surface area contributed by atoms with Crippen LogP contribution >= 0.6 is 0 Å². The molecule has 0 aliphatic heterocycles. The van der Waals surface area contributed by atoms with Gasteiger partial charge >= 0.3 is 0 Å². The van der Waals surface area contributed by atoms with Crippen LogP contribution in [0.2, 0.25) is 0 Å². The van der Waals surface area contributed by atoms with Crippen LogP contribution in [0.25, 0.3) is 0 Å². The fraction of sp³-hybridized carbons (Fsp3) is 0.364. The molecule has 1 heterocycles. The second-order valence-electron chi connectivity index (χ2n) is 3.87. The first-order valence-electron chi connectivity index (χ1n) is 5.35. The smallest absolute Gasteiger partial charge is 0.270 e. The SMILES string of the molecule is O=C(CNC(=O)c1cccc(F)n1)NC1CC1. The van der Waals surface area contributed by atoms with E-state index in [1.165, 1.54) is 12.1 Å². The molecule has 1 aromatic heterocycles. The van der Waals surface area contributed by atoms with E-state index in [1.54, 1.807) is 0 Å². The van der Waals surface area contributed by atoms with E-state index in [0.717, 1.165) is 18.9 Å². The summed E-state index contributed by atoms with van der Waals surface area (Å²) in [5.74, 6) is -1.52. The molecule has 90 valence electrons. The van der Waals surface area contributed by atoms with Crippen molar-refractivity contribution in [2.24, 2.45) is 0 Å². The van der Waals surface area contributed by atoms with Crippen LogP contribution < -0.4 is 10.6 Å². The highest BCUT2D eigenvalue weighted by atomic mass is 19.1. The van der Waals surface area contributed by atoms with Crippen LogP contribution in [-0.2, 0) is 4.79 Å². The molecule has 1 aromatic rings. The third-order valence-electron chi connectivity index (χ3n) is 2.30. The van der Waals surface area contributed by atoms with E-state index < -0.39 is 11.9 Å². The van der Waals surface area contributed by atoms with Gasteiger partial charge in [0.15, 0.2) is 0 Å². The predicted molar refractivity (Wildman–Crippen MR) is 57.7 cm³/mol. The second kappa shape index (κ2) is 4.90. The summed E-state index contributed by atoms with van der Waals surface area (Å²) in [6.45, 7) is -0.118. The average molecular weight is 237 g/mol. The molecule has 0 aromatic carbocycles. The first-order chi connectivity index (χ1) is 8.15. The quantitative estimate of drug-likeness (QED) is 0.736. The molecule has 6 heteroatoms. The van der Waals surface area contributed by atoms with Gasteiger partial charge in [-0.15, -0.1) is 0 Å². The van der Waals surface area contributed by atoms with Crippen molar-refractivity contribution in [3.8, 4) is 0 Å². The first-order valence-corrected chi connectivity index (χ1v) is 5.35. The molecular weight excluding hydrogens is 225 g/mol. The van der Waals surface area contributed by atoms with Gasteiger partial charge in [0.25, 0.3) is 5.91 Å². The van der Waals surface area contributed by atoms with Crippen LogP contribution in [0.5, 0.6) is 0 Å². The number of pyridine rings is 1. The van der Waals surface area contributed by atoms with Gasteiger partial charge in [-0.3, -0.25) is 9.59 Å². The molecular formula is C11H12FN3O2. The molecule has 0 bridgehead atoms. The summed E-state index contributed by atoms with van der Waals surface area (Å²) in [4.78, 5) is 26.2. The Morgan fingerprint density at radius 2 is 2.18 bits per heavy atom. The number of halogens is 1. The molecule has 1 aliphatic rings. The van der Waals surface area contributed by atoms with Crippen molar-refractivity contribution >= 4 is 11.8 Å². The zero-order valence-electron chi connectivity index (χ0n) is 9.07. The largest absolute Gasteiger partial charge is 0.352 e. The Balaban J connectivity index is 1.82. The summed E-state index contributed by atoms with van der Waals surface area (Å²) in [7, 11) is 0. The molecule has 0 atom stereocenters. The Bertz CT molecular complexity index is 446. The number of amides is 2. The van der Waals surface area contributed by atoms with Gasteiger partial charge in [-0.05, 0) is 25.0 Å². The second-order valence-corrected chi connectivity index (χ2v) is 3.87. The van der Waals surface area contributed by atoms with Crippen molar-refractivity contribution < 1.29 is 14.0 Å². The van der Waals surface area contributed by atoms with Gasteiger partial charge in [-0.1, -0.05) is 6.07 Å². The summed E-state index contributed by atoms with van der Waals surface area (Å²) in [6.07, 6.45) is 1.98. The molecule has 0 saturated heterocycles. The van der Waals surface area contributed by atoms with E-state index >= 15 is 0 Å². The zero-order chi connectivity index (χ0) is 12.3. The van der Waals surface area contributed by atoms with Gasteiger partial charge in [-0.25, -0.2) is 4.98 Å². The molecule has 1 saturated carbocycles. The number of hydrogen-bond acceptors (Lipinski definition) is 3. The number of aromatic nitrogens is 1. The molecule has 2 amide bonds. The molecule has 17 heavy (non-hydrogen) atoms. The van der Waals surface area contributed by atoms with E-state index in [2.05, 4.69) is 15.6 Å². The Kier molecular flexibility index (Phi) is 3.32. The van der Waals surface area contributed by atoms with Gasteiger partial charge in [-0.2, -0.15) is 4.39 Å². The fourth-order valence-corrected chi connectivity index (χ4v) is 1.29. The normalized spacial score (nSPS) is 14.2. The van der Waals surface area contributed by atoms with E-state index in [1.807, 2.05) is 0 Å². The van der Waals surface area contributed by atoms with Crippen LogP contribution in [0.15, 0.2) is 18.2 Å². The maximum absolute atomic E-state index is 12.7. The minimum atomic E-state index is -0.722. The van der Waals surface area contributed by atoms with Crippen LogP contribution in [0.1, 0.15) is 23.3 Å². The number of nitrogens with one attached hydrogen (secondary N) is 2. The van der Waals surface area contributed by atoms with Crippen molar-refractivity contribution in [3.63, 3.8) is 0 Å². The summed E-state index contributed by atoms with van der Waals surface area (Å²) in [5.41, 5.74) is -0.0378. The van der Waals surface area contributed by atoms with Crippen molar-refractivity contribution in [1.29, 1.82) is 0 Å². The van der Waals surface area contributed by atoms with Gasteiger partial charge < -0.3 is 10.6 Å². The Hall–Kier alpha value is -1.98. The van der Waals surface area contributed by atoms with Crippen LogP contribution in [0.3, 0.4) is 0 Å². The maximum atomic E-state index is 12.7. The summed E-state index contributed by atoms with van der Waals surface area (Å²) in [6, 6.07) is 4.18. The van der Waals surface area contributed by atoms with Crippen molar-refractivity contribution in [2.75, 3.05) is 6.54 Å². The lowest BCUT2D eigenvalue weighted by Gasteiger charge is -2.05. The molecule has 0 unspecified atom stereocenters. The summed E-state index contributed by atoms with van der Waals surface area (Å²) >= 11 is 0. The van der Waals surface area contributed by atoms with E-state index in [0.29, 0.717) is 0 Å². The van der Waals surface area contributed by atoms with E-state index in [9.17, 15) is 14.0 Å². The molecule has 2 rings (SSSR count).